The first-order valence-electron chi connectivity index (χ1n) is 7.93. The van der Waals surface area contributed by atoms with Gasteiger partial charge in [-0.25, -0.2) is 0 Å². The molecule has 1 aliphatic rings. The standard InChI is InChI=1S/C17H26ClNO2/c1-3-19-17(10-8-13-6-4-5-11-21-13)15-9-7-14(20-2)12-16(15)18/h7,9,12-13,17,19H,3-6,8,10-11H2,1-2H3. The number of hydrogen-bond acceptors (Lipinski definition) is 3. The predicted octanol–water partition coefficient (Wildman–Crippen LogP) is 4.35. The fourth-order valence-electron chi connectivity index (χ4n) is 2.92. The largest absolute Gasteiger partial charge is 0.497 e. The van der Waals surface area contributed by atoms with Crippen LogP contribution in [0.25, 0.3) is 0 Å². The fourth-order valence-corrected chi connectivity index (χ4v) is 3.22. The molecule has 4 heteroatoms. The molecule has 0 saturated carbocycles. The highest BCUT2D eigenvalue weighted by atomic mass is 35.5. The summed E-state index contributed by atoms with van der Waals surface area (Å²) in [5.41, 5.74) is 1.15. The molecule has 1 heterocycles. The average Bonchev–Trinajstić information content (AvgIpc) is 2.52. The van der Waals surface area contributed by atoms with Gasteiger partial charge >= 0.3 is 0 Å². The smallest absolute Gasteiger partial charge is 0.120 e. The highest BCUT2D eigenvalue weighted by molar-refractivity contribution is 6.31. The van der Waals surface area contributed by atoms with Crippen LogP contribution in [0.5, 0.6) is 5.75 Å². The maximum atomic E-state index is 6.41. The average molecular weight is 312 g/mol. The van der Waals surface area contributed by atoms with Gasteiger partial charge in [0.25, 0.3) is 0 Å². The Morgan fingerprint density at radius 1 is 1.43 bits per heavy atom. The van der Waals surface area contributed by atoms with Crippen LogP contribution in [0.3, 0.4) is 0 Å². The number of rotatable bonds is 7. The van der Waals surface area contributed by atoms with Crippen LogP contribution in [-0.4, -0.2) is 26.4 Å². The highest BCUT2D eigenvalue weighted by Gasteiger charge is 2.19. The summed E-state index contributed by atoms with van der Waals surface area (Å²) >= 11 is 6.41. The van der Waals surface area contributed by atoms with Crippen LogP contribution in [-0.2, 0) is 4.74 Å². The third-order valence-corrected chi connectivity index (χ3v) is 4.41. The van der Waals surface area contributed by atoms with Crippen molar-refractivity contribution >= 4 is 11.6 Å². The van der Waals surface area contributed by atoms with Crippen LogP contribution in [0.2, 0.25) is 5.02 Å². The second-order valence-corrected chi connectivity index (χ2v) is 5.97. The van der Waals surface area contributed by atoms with Crippen molar-refractivity contribution in [3.8, 4) is 5.75 Å². The lowest BCUT2D eigenvalue weighted by atomic mass is 9.97. The lowest BCUT2D eigenvalue weighted by Crippen LogP contribution is -2.25. The van der Waals surface area contributed by atoms with E-state index in [1.807, 2.05) is 12.1 Å². The summed E-state index contributed by atoms with van der Waals surface area (Å²) in [7, 11) is 1.66. The van der Waals surface area contributed by atoms with Crippen molar-refractivity contribution in [3.05, 3.63) is 28.8 Å². The lowest BCUT2D eigenvalue weighted by Gasteiger charge is -2.26. The van der Waals surface area contributed by atoms with Crippen molar-refractivity contribution in [3.63, 3.8) is 0 Å². The lowest BCUT2D eigenvalue weighted by molar-refractivity contribution is 0.00856. The normalized spacial score (nSPS) is 20.2. The Hall–Kier alpha value is -0.770. The number of hydrogen-bond donors (Lipinski definition) is 1. The van der Waals surface area contributed by atoms with E-state index >= 15 is 0 Å². The van der Waals surface area contributed by atoms with Gasteiger partial charge in [0.05, 0.1) is 13.2 Å². The molecule has 0 bridgehead atoms. The summed E-state index contributed by atoms with van der Waals surface area (Å²) in [5.74, 6) is 0.801. The van der Waals surface area contributed by atoms with Gasteiger partial charge in [0.15, 0.2) is 0 Å². The zero-order chi connectivity index (χ0) is 15.1. The Labute approximate surface area is 133 Å². The minimum Gasteiger partial charge on any atom is -0.497 e. The maximum absolute atomic E-state index is 6.41. The van der Waals surface area contributed by atoms with E-state index in [-0.39, 0.29) is 6.04 Å². The molecule has 2 rings (SSSR count). The monoisotopic (exact) mass is 311 g/mol. The van der Waals surface area contributed by atoms with Gasteiger partial charge < -0.3 is 14.8 Å². The molecule has 2 atom stereocenters. The Bertz CT molecular complexity index is 433. The molecule has 1 aromatic rings. The van der Waals surface area contributed by atoms with Crippen LogP contribution >= 0.6 is 11.6 Å². The molecule has 1 fully saturated rings. The SMILES string of the molecule is CCNC(CCC1CCCCO1)c1ccc(OC)cc1Cl. The third kappa shape index (κ3) is 4.87. The van der Waals surface area contributed by atoms with Gasteiger partial charge in [-0.05, 0) is 56.3 Å². The number of ether oxygens (including phenoxy) is 2. The molecule has 3 nitrogen and oxygen atoms in total. The van der Waals surface area contributed by atoms with Crippen LogP contribution in [0.1, 0.15) is 50.6 Å². The van der Waals surface area contributed by atoms with Gasteiger partial charge in [-0.2, -0.15) is 0 Å². The Kier molecular flexibility index (Phi) is 6.81. The first-order chi connectivity index (χ1) is 10.2. The minimum absolute atomic E-state index is 0.277. The van der Waals surface area contributed by atoms with Crippen molar-refractivity contribution in [2.24, 2.45) is 0 Å². The van der Waals surface area contributed by atoms with Gasteiger partial charge in [-0.1, -0.05) is 24.6 Å². The van der Waals surface area contributed by atoms with Crippen LogP contribution < -0.4 is 10.1 Å². The number of methoxy groups -OCH3 is 1. The molecule has 0 aliphatic carbocycles. The molecule has 1 aromatic carbocycles. The molecule has 2 unspecified atom stereocenters. The van der Waals surface area contributed by atoms with Crippen LogP contribution in [0.15, 0.2) is 18.2 Å². The van der Waals surface area contributed by atoms with Gasteiger partial charge in [-0.15, -0.1) is 0 Å². The Balaban J connectivity index is 2.00. The van der Waals surface area contributed by atoms with E-state index in [0.717, 1.165) is 42.3 Å². The molecule has 0 aromatic heterocycles. The molecule has 0 spiro atoms. The van der Waals surface area contributed by atoms with Crippen molar-refractivity contribution < 1.29 is 9.47 Å². The van der Waals surface area contributed by atoms with Crippen LogP contribution in [0, 0.1) is 0 Å². The van der Waals surface area contributed by atoms with Crippen LogP contribution in [0.4, 0.5) is 0 Å². The first-order valence-corrected chi connectivity index (χ1v) is 8.30. The van der Waals surface area contributed by atoms with Gasteiger partial charge in [0, 0.05) is 17.7 Å². The first kappa shape index (κ1) is 16.6. The van der Waals surface area contributed by atoms with E-state index in [2.05, 4.69) is 18.3 Å². The number of nitrogens with one attached hydrogen (secondary N) is 1. The van der Waals surface area contributed by atoms with E-state index in [0.29, 0.717) is 6.10 Å². The highest BCUT2D eigenvalue weighted by Crippen LogP contribution is 2.31. The van der Waals surface area contributed by atoms with Gasteiger partial charge in [0.1, 0.15) is 5.75 Å². The van der Waals surface area contributed by atoms with E-state index in [9.17, 15) is 0 Å². The molecule has 1 N–H and O–H groups in total. The summed E-state index contributed by atoms with van der Waals surface area (Å²) in [5, 5.41) is 4.30. The van der Waals surface area contributed by atoms with Gasteiger partial charge in [-0.3, -0.25) is 0 Å². The fraction of sp³-hybridized carbons (Fsp3) is 0.647. The maximum Gasteiger partial charge on any atom is 0.120 e. The van der Waals surface area contributed by atoms with E-state index in [1.165, 1.54) is 19.3 Å². The summed E-state index contributed by atoms with van der Waals surface area (Å²) in [6.07, 6.45) is 6.23. The third-order valence-electron chi connectivity index (χ3n) is 4.08. The number of halogens is 1. The summed E-state index contributed by atoms with van der Waals surface area (Å²) in [6, 6.07) is 6.20. The summed E-state index contributed by atoms with van der Waals surface area (Å²) in [6.45, 7) is 3.97. The second-order valence-electron chi connectivity index (χ2n) is 5.56. The van der Waals surface area contributed by atoms with E-state index in [1.54, 1.807) is 7.11 Å². The zero-order valence-corrected chi connectivity index (χ0v) is 13.8. The Morgan fingerprint density at radius 3 is 2.90 bits per heavy atom. The molecule has 118 valence electrons. The topological polar surface area (TPSA) is 30.5 Å². The van der Waals surface area contributed by atoms with E-state index < -0.39 is 0 Å². The molecule has 0 amide bonds. The zero-order valence-electron chi connectivity index (χ0n) is 13.0. The number of benzene rings is 1. The van der Waals surface area contributed by atoms with Crippen molar-refractivity contribution in [2.45, 2.75) is 51.2 Å². The molecule has 1 saturated heterocycles. The summed E-state index contributed by atoms with van der Waals surface area (Å²) in [4.78, 5) is 0. The molecular weight excluding hydrogens is 286 g/mol. The molecular formula is C17H26ClNO2. The van der Waals surface area contributed by atoms with E-state index in [4.69, 9.17) is 21.1 Å². The van der Waals surface area contributed by atoms with Crippen molar-refractivity contribution in [1.29, 1.82) is 0 Å². The summed E-state index contributed by atoms with van der Waals surface area (Å²) < 4.78 is 11.0. The quantitative estimate of drug-likeness (QED) is 0.812. The molecule has 21 heavy (non-hydrogen) atoms. The molecule has 1 aliphatic heterocycles. The van der Waals surface area contributed by atoms with Gasteiger partial charge in [0.2, 0.25) is 0 Å². The predicted molar refractivity (Wildman–Crippen MR) is 87.2 cm³/mol. The van der Waals surface area contributed by atoms with Crippen molar-refractivity contribution in [2.75, 3.05) is 20.3 Å². The molecule has 0 radical (unpaired) electrons. The second kappa shape index (κ2) is 8.62. The van der Waals surface area contributed by atoms with Crippen molar-refractivity contribution in [1.82, 2.24) is 5.32 Å². The minimum atomic E-state index is 0.277. The Morgan fingerprint density at radius 2 is 2.29 bits per heavy atom.